The monoisotopic (exact) mass is 172 g/mol. The predicted octanol–water partition coefficient (Wildman–Crippen LogP) is 0.901. The highest BCUT2D eigenvalue weighted by atomic mass is 16.1. The molecule has 1 unspecified atom stereocenters. The fourth-order valence-electron chi connectivity index (χ4n) is 0.984. The standard InChI is InChI=1S/C9H20N2O/c1-8(10-3)6-4-5-7-11-9(2)12/h8,10H,4-7H2,1-3H3,(H,11,12). The van der Waals surface area contributed by atoms with Crippen LogP contribution < -0.4 is 10.6 Å². The van der Waals surface area contributed by atoms with E-state index in [1.54, 1.807) is 6.92 Å². The van der Waals surface area contributed by atoms with E-state index >= 15 is 0 Å². The van der Waals surface area contributed by atoms with Crippen molar-refractivity contribution in [2.24, 2.45) is 0 Å². The molecule has 0 spiro atoms. The van der Waals surface area contributed by atoms with Crippen molar-refractivity contribution in [3.05, 3.63) is 0 Å². The first-order valence-corrected chi connectivity index (χ1v) is 4.58. The molecule has 0 aromatic rings. The Kier molecular flexibility index (Phi) is 6.76. The molecule has 0 aromatic heterocycles. The van der Waals surface area contributed by atoms with Gasteiger partial charge in [0.15, 0.2) is 0 Å². The first-order chi connectivity index (χ1) is 5.66. The molecule has 0 fully saturated rings. The van der Waals surface area contributed by atoms with Gasteiger partial charge >= 0.3 is 0 Å². The van der Waals surface area contributed by atoms with Gasteiger partial charge in [-0.2, -0.15) is 0 Å². The Hall–Kier alpha value is -0.570. The van der Waals surface area contributed by atoms with Gasteiger partial charge in [-0.05, 0) is 26.8 Å². The number of amides is 1. The molecule has 0 heterocycles. The lowest BCUT2D eigenvalue weighted by Crippen LogP contribution is -2.23. The first kappa shape index (κ1) is 11.4. The van der Waals surface area contributed by atoms with Crippen LogP contribution in [0.1, 0.15) is 33.1 Å². The molecule has 0 radical (unpaired) electrons. The molecule has 3 heteroatoms. The summed E-state index contributed by atoms with van der Waals surface area (Å²) in [5.41, 5.74) is 0. The van der Waals surface area contributed by atoms with E-state index in [0.717, 1.165) is 13.0 Å². The molecule has 1 amide bonds. The molecular formula is C9H20N2O. The van der Waals surface area contributed by atoms with Crippen molar-refractivity contribution in [1.82, 2.24) is 10.6 Å². The van der Waals surface area contributed by atoms with Gasteiger partial charge < -0.3 is 10.6 Å². The number of unbranched alkanes of at least 4 members (excludes halogenated alkanes) is 1. The van der Waals surface area contributed by atoms with Crippen LogP contribution in [0.3, 0.4) is 0 Å². The maximum atomic E-state index is 10.5. The van der Waals surface area contributed by atoms with Gasteiger partial charge in [-0.1, -0.05) is 6.42 Å². The van der Waals surface area contributed by atoms with Crippen LogP contribution >= 0.6 is 0 Å². The molecular weight excluding hydrogens is 152 g/mol. The molecule has 0 saturated carbocycles. The Labute approximate surface area is 74.9 Å². The molecule has 0 bridgehead atoms. The second-order valence-corrected chi connectivity index (χ2v) is 3.17. The van der Waals surface area contributed by atoms with E-state index in [1.807, 2.05) is 7.05 Å². The highest BCUT2D eigenvalue weighted by Crippen LogP contribution is 1.98. The van der Waals surface area contributed by atoms with Gasteiger partial charge in [0.05, 0.1) is 0 Å². The third kappa shape index (κ3) is 7.54. The number of rotatable bonds is 6. The van der Waals surface area contributed by atoms with Crippen LogP contribution in [0.2, 0.25) is 0 Å². The Bertz CT molecular complexity index is 126. The summed E-state index contributed by atoms with van der Waals surface area (Å²) in [5.74, 6) is 0.0664. The van der Waals surface area contributed by atoms with Gasteiger partial charge in [-0.25, -0.2) is 0 Å². The third-order valence-electron chi connectivity index (χ3n) is 1.93. The van der Waals surface area contributed by atoms with Crippen LogP contribution in [-0.4, -0.2) is 25.5 Å². The topological polar surface area (TPSA) is 41.1 Å². The second kappa shape index (κ2) is 7.10. The van der Waals surface area contributed by atoms with E-state index in [2.05, 4.69) is 17.6 Å². The predicted molar refractivity (Wildman–Crippen MR) is 51.1 cm³/mol. The summed E-state index contributed by atoms with van der Waals surface area (Å²) < 4.78 is 0. The quantitative estimate of drug-likeness (QED) is 0.584. The number of hydrogen-bond acceptors (Lipinski definition) is 2. The summed E-state index contributed by atoms with van der Waals surface area (Å²) in [7, 11) is 1.97. The summed E-state index contributed by atoms with van der Waals surface area (Å²) in [6.07, 6.45) is 3.42. The molecule has 72 valence electrons. The summed E-state index contributed by atoms with van der Waals surface area (Å²) in [4.78, 5) is 10.5. The molecule has 3 nitrogen and oxygen atoms in total. The number of carbonyl (C=O) groups excluding carboxylic acids is 1. The van der Waals surface area contributed by atoms with E-state index in [1.165, 1.54) is 12.8 Å². The van der Waals surface area contributed by atoms with Crippen LogP contribution in [0, 0.1) is 0 Å². The minimum atomic E-state index is 0.0664. The van der Waals surface area contributed by atoms with E-state index in [-0.39, 0.29) is 5.91 Å². The molecule has 1 atom stereocenters. The van der Waals surface area contributed by atoms with Crippen molar-refractivity contribution in [3.63, 3.8) is 0 Å². The van der Waals surface area contributed by atoms with Crippen LogP contribution in [-0.2, 0) is 4.79 Å². The summed E-state index contributed by atoms with van der Waals surface area (Å²) in [6.45, 7) is 4.53. The molecule has 0 aliphatic heterocycles. The molecule has 0 aliphatic carbocycles. The summed E-state index contributed by atoms with van der Waals surface area (Å²) in [5, 5.41) is 5.96. The largest absolute Gasteiger partial charge is 0.356 e. The maximum Gasteiger partial charge on any atom is 0.216 e. The van der Waals surface area contributed by atoms with Gasteiger partial charge in [0.25, 0.3) is 0 Å². The van der Waals surface area contributed by atoms with Gasteiger partial charge in [-0.3, -0.25) is 4.79 Å². The average Bonchev–Trinajstić information content (AvgIpc) is 2.03. The zero-order valence-electron chi connectivity index (χ0n) is 8.31. The molecule has 0 aliphatic rings. The van der Waals surface area contributed by atoms with E-state index in [4.69, 9.17) is 0 Å². The maximum absolute atomic E-state index is 10.5. The SMILES string of the molecule is CNC(C)CCCCNC(C)=O. The van der Waals surface area contributed by atoms with E-state index in [0.29, 0.717) is 6.04 Å². The van der Waals surface area contributed by atoms with Crippen molar-refractivity contribution in [3.8, 4) is 0 Å². The number of nitrogens with one attached hydrogen (secondary N) is 2. The zero-order chi connectivity index (χ0) is 9.40. The number of hydrogen-bond donors (Lipinski definition) is 2. The van der Waals surface area contributed by atoms with Crippen molar-refractivity contribution in [1.29, 1.82) is 0 Å². The van der Waals surface area contributed by atoms with Crippen LogP contribution in [0.5, 0.6) is 0 Å². The van der Waals surface area contributed by atoms with Crippen LogP contribution in [0.4, 0.5) is 0 Å². The fraction of sp³-hybridized carbons (Fsp3) is 0.889. The Morgan fingerprint density at radius 3 is 2.58 bits per heavy atom. The summed E-state index contributed by atoms with van der Waals surface area (Å²) in [6, 6.07) is 0.585. The van der Waals surface area contributed by atoms with Crippen LogP contribution in [0.15, 0.2) is 0 Å². The third-order valence-corrected chi connectivity index (χ3v) is 1.93. The van der Waals surface area contributed by atoms with Crippen LogP contribution in [0.25, 0.3) is 0 Å². The van der Waals surface area contributed by atoms with Crippen molar-refractivity contribution < 1.29 is 4.79 Å². The Morgan fingerprint density at radius 2 is 2.08 bits per heavy atom. The highest BCUT2D eigenvalue weighted by Gasteiger charge is 1.97. The van der Waals surface area contributed by atoms with Gasteiger partial charge in [0.2, 0.25) is 5.91 Å². The molecule has 12 heavy (non-hydrogen) atoms. The lowest BCUT2D eigenvalue weighted by molar-refractivity contribution is -0.118. The van der Waals surface area contributed by atoms with E-state index < -0.39 is 0 Å². The fourth-order valence-corrected chi connectivity index (χ4v) is 0.984. The molecule has 0 saturated heterocycles. The zero-order valence-corrected chi connectivity index (χ0v) is 8.31. The lowest BCUT2D eigenvalue weighted by atomic mass is 10.1. The normalized spacial score (nSPS) is 12.6. The number of carbonyl (C=O) groups is 1. The minimum Gasteiger partial charge on any atom is -0.356 e. The smallest absolute Gasteiger partial charge is 0.216 e. The Morgan fingerprint density at radius 1 is 1.42 bits per heavy atom. The first-order valence-electron chi connectivity index (χ1n) is 4.58. The molecule has 0 rings (SSSR count). The van der Waals surface area contributed by atoms with Gasteiger partial charge in [-0.15, -0.1) is 0 Å². The van der Waals surface area contributed by atoms with Crippen molar-refractivity contribution in [2.75, 3.05) is 13.6 Å². The Balaban J connectivity index is 3.05. The van der Waals surface area contributed by atoms with E-state index in [9.17, 15) is 4.79 Å². The molecule has 2 N–H and O–H groups in total. The second-order valence-electron chi connectivity index (χ2n) is 3.17. The lowest BCUT2D eigenvalue weighted by Gasteiger charge is -2.08. The minimum absolute atomic E-state index is 0.0664. The van der Waals surface area contributed by atoms with Gasteiger partial charge in [0.1, 0.15) is 0 Å². The highest BCUT2D eigenvalue weighted by molar-refractivity contribution is 5.72. The van der Waals surface area contributed by atoms with Crippen molar-refractivity contribution >= 4 is 5.91 Å². The molecule has 0 aromatic carbocycles. The summed E-state index contributed by atoms with van der Waals surface area (Å²) >= 11 is 0. The van der Waals surface area contributed by atoms with Gasteiger partial charge in [0, 0.05) is 19.5 Å². The average molecular weight is 172 g/mol. The van der Waals surface area contributed by atoms with Crippen molar-refractivity contribution in [2.45, 2.75) is 39.2 Å².